The van der Waals surface area contributed by atoms with Crippen LogP contribution in [0.5, 0.6) is 0 Å². The summed E-state index contributed by atoms with van der Waals surface area (Å²) >= 11 is 0. The minimum Gasteiger partial charge on any atom is -0.396 e. The third-order valence-electron chi connectivity index (χ3n) is 4.30. The van der Waals surface area contributed by atoms with Crippen LogP contribution < -0.4 is 5.32 Å². The molecule has 2 N–H and O–H groups in total. The second-order valence-corrected chi connectivity index (χ2v) is 6.51. The first-order valence-corrected chi connectivity index (χ1v) is 10.0. The molecule has 0 saturated carbocycles. The molecule has 0 aromatic carbocycles. The molecule has 0 unspecified atom stereocenters. The van der Waals surface area contributed by atoms with Crippen LogP contribution in [0.25, 0.3) is 0 Å². The van der Waals surface area contributed by atoms with Crippen molar-refractivity contribution in [2.45, 2.75) is 84.5 Å². The number of hydrogen-bond donors (Lipinski definition) is 2. The molecule has 0 aromatic rings. The average Bonchev–Trinajstić information content (AvgIpc) is 2.59. The molecule has 0 aromatic heterocycles. The number of aliphatic hydroxyl groups excluding tert-OH is 1. The number of unbranched alkanes of at least 4 members (excludes halogenated alkanes) is 9. The van der Waals surface area contributed by atoms with Crippen molar-refractivity contribution in [3.63, 3.8) is 0 Å². The standard InChI is InChI=1S/C20H40N2O2/c1-3-5-6-10-13-16-20(24)21-19-22(4-2)17-14-11-8-7-9-12-15-18-23/h13,16,23H,3-12,14-15,17-19H2,1-2H3,(H,21,24)/b16-13+. The molecule has 0 spiro atoms. The van der Waals surface area contributed by atoms with Crippen LogP contribution in [0, 0.1) is 0 Å². The monoisotopic (exact) mass is 340 g/mol. The first-order valence-electron chi connectivity index (χ1n) is 10.0. The number of allylic oxidation sites excluding steroid dienone is 1. The Kier molecular flexibility index (Phi) is 17.8. The maximum atomic E-state index is 11.8. The topological polar surface area (TPSA) is 52.6 Å². The Hall–Kier alpha value is -0.870. The molecule has 0 bridgehead atoms. The van der Waals surface area contributed by atoms with Crippen LogP contribution >= 0.6 is 0 Å². The molecule has 4 nitrogen and oxygen atoms in total. The third kappa shape index (κ3) is 16.0. The molecule has 4 heteroatoms. The van der Waals surface area contributed by atoms with Crippen LogP contribution in [-0.2, 0) is 4.79 Å². The largest absolute Gasteiger partial charge is 0.396 e. The lowest BCUT2D eigenvalue weighted by atomic mass is 10.1. The number of rotatable bonds is 17. The summed E-state index contributed by atoms with van der Waals surface area (Å²) < 4.78 is 0. The van der Waals surface area contributed by atoms with Crippen molar-refractivity contribution >= 4 is 5.91 Å². The molecular weight excluding hydrogens is 300 g/mol. The minimum atomic E-state index is 0.0221. The number of carbonyl (C=O) groups is 1. The lowest BCUT2D eigenvalue weighted by Gasteiger charge is -2.20. The van der Waals surface area contributed by atoms with Gasteiger partial charge in [-0.15, -0.1) is 0 Å². The van der Waals surface area contributed by atoms with E-state index in [9.17, 15) is 4.79 Å². The van der Waals surface area contributed by atoms with Crippen LogP contribution in [-0.4, -0.2) is 42.3 Å². The maximum Gasteiger partial charge on any atom is 0.244 e. The van der Waals surface area contributed by atoms with Gasteiger partial charge >= 0.3 is 0 Å². The van der Waals surface area contributed by atoms with E-state index in [1.165, 1.54) is 51.4 Å². The predicted molar refractivity (Wildman–Crippen MR) is 103 cm³/mol. The molecule has 0 heterocycles. The van der Waals surface area contributed by atoms with Crippen molar-refractivity contribution in [3.05, 3.63) is 12.2 Å². The van der Waals surface area contributed by atoms with E-state index in [0.717, 1.165) is 32.4 Å². The summed E-state index contributed by atoms with van der Waals surface area (Å²) in [6.07, 6.45) is 16.6. The molecule has 24 heavy (non-hydrogen) atoms. The zero-order chi connectivity index (χ0) is 17.9. The van der Waals surface area contributed by atoms with Crippen LogP contribution in [0.3, 0.4) is 0 Å². The number of aliphatic hydroxyl groups is 1. The highest BCUT2D eigenvalue weighted by atomic mass is 16.2. The van der Waals surface area contributed by atoms with Gasteiger partial charge in [-0.25, -0.2) is 0 Å². The van der Waals surface area contributed by atoms with Gasteiger partial charge in [0.2, 0.25) is 5.91 Å². The van der Waals surface area contributed by atoms with Gasteiger partial charge in [-0.1, -0.05) is 64.9 Å². The summed E-state index contributed by atoms with van der Waals surface area (Å²) in [5.74, 6) is 0.0221. The number of amides is 1. The highest BCUT2D eigenvalue weighted by Gasteiger charge is 2.03. The first kappa shape index (κ1) is 23.1. The molecule has 0 radical (unpaired) electrons. The van der Waals surface area contributed by atoms with E-state index in [0.29, 0.717) is 13.3 Å². The van der Waals surface area contributed by atoms with Crippen molar-refractivity contribution in [3.8, 4) is 0 Å². The maximum absolute atomic E-state index is 11.8. The Morgan fingerprint density at radius 1 is 0.958 bits per heavy atom. The predicted octanol–water partition coefficient (Wildman–Crippen LogP) is 4.24. The molecule has 1 amide bonds. The van der Waals surface area contributed by atoms with Gasteiger partial charge in [0.1, 0.15) is 0 Å². The van der Waals surface area contributed by atoms with E-state index in [1.807, 2.05) is 6.08 Å². The fourth-order valence-corrected chi connectivity index (χ4v) is 2.63. The first-order chi connectivity index (χ1) is 11.7. The lowest BCUT2D eigenvalue weighted by molar-refractivity contribution is -0.117. The quantitative estimate of drug-likeness (QED) is 0.236. The Morgan fingerprint density at radius 3 is 2.25 bits per heavy atom. The van der Waals surface area contributed by atoms with Gasteiger partial charge in [0, 0.05) is 6.61 Å². The van der Waals surface area contributed by atoms with E-state index in [2.05, 4.69) is 24.1 Å². The lowest BCUT2D eigenvalue weighted by Crippen LogP contribution is -2.37. The molecule has 0 fully saturated rings. The minimum absolute atomic E-state index is 0.0221. The zero-order valence-corrected chi connectivity index (χ0v) is 16.1. The second-order valence-electron chi connectivity index (χ2n) is 6.51. The second kappa shape index (κ2) is 18.5. The summed E-state index contributed by atoms with van der Waals surface area (Å²) in [4.78, 5) is 14.0. The molecule has 0 aliphatic carbocycles. The summed E-state index contributed by atoms with van der Waals surface area (Å²) in [5.41, 5.74) is 0. The van der Waals surface area contributed by atoms with Crippen LogP contribution in [0.2, 0.25) is 0 Å². The fourth-order valence-electron chi connectivity index (χ4n) is 2.63. The number of nitrogens with zero attached hydrogens (tertiary/aromatic N) is 1. The molecule has 0 rings (SSSR count). The van der Waals surface area contributed by atoms with E-state index in [4.69, 9.17) is 5.11 Å². The number of nitrogens with one attached hydrogen (secondary N) is 1. The molecule has 0 aliphatic rings. The molecular formula is C20H40N2O2. The normalized spacial score (nSPS) is 11.5. The van der Waals surface area contributed by atoms with Crippen molar-refractivity contribution in [2.24, 2.45) is 0 Å². The SMILES string of the molecule is CCCCC/C=C/C(=O)NCN(CC)CCCCCCCCCO. The van der Waals surface area contributed by atoms with Gasteiger partial charge in [0.15, 0.2) is 0 Å². The fraction of sp³-hybridized carbons (Fsp3) is 0.850. The summed E-state index contributed by atoms with van der Waals surface area (Å²) in [5, 5.41) is 11.7. The van der Waals surface area contributed by atoms with Gasteiger partial charge in [0.25, 0.3) is 0 Å². The van der Waals surface area contributed by atoms with Gasteiger partial charge in [-0.2, -0.15) is 0 Å². The summed E-state index contributed by atoms with van der Waals surface area (Å²) in [6, 6.07) is 0. The van der Waals surface area contributed by atoms with E-state index in [-0.39, 0.29) is 5.91 Å². The van der Waals surface area contributed by atoms with Crippen LogP contribution in [0.1, 0.15) is 84.5 Å². The van der Waals surface area contributed by atoms with Crippen molar-refractivity contribution < 1.29 is 9.90 Å². The Morgan fingerprint density at radius 2 is 1.62 bits per heavy atom. The van der Waals surface area contributed by atoms with E-state index >= 15 is 0 Å². The smallest absolute Gasteiger partial charge is 0.244 e. The zero-order valence-electron chi connectivity index (χ0n) is 16.1. The average molecular weight is 341 g/mol. The summed E-state index contributed by atoms with van der Waals surface area (Å²) in [7, 11) is 0. The van der Waals surface area contributed by atoms with Crippen molar-refractivity contribution in [2.75, 3.05) is 26.4 Å². The summed E-state index contributed by atoms with van der Waals surface area (Å²) in [6.45, 7) is 7.32. The third-order valence-corrected chi connectivity index (χ3v) is 4.30. The highest BCUT2D eigenvalue weighted by molar-refractivity contribution is 5.87. The van der Waals surface area contributed by atoms with Gasteiger partial charge in [-0.05, 0) is 44.8 Å². The van der Waals surface area contributed by atoms with E-state index in [1.54, 1.807) is 6.08 Å². The Bertz CT molecular complexity index is 306. The van der Waals surface area contributed by atoms with E-state index < -0.39 is 0 Å². The van der Waals surface area contributed by atoms with Gasteiger partial charge in [-0.3, -0.25) is 9.69 Å². The Balaban J connectivity index is 3.59. The molecule has 142 valence electrons. The number of carbonyl (C=O) groups excluding carboxylic acids is 1. The molecule has 0 aliphatic heterocycles. The number of hydrogen-bond acceptors (Lipinski definition) is 3. The van der Waals surface area contributed by atoms with Gasteiger partial charge < -0.3 is 10.4 Å². The highest BCUT2D eigenvalue weighted by Crippen LogP contribution is 2.07. The van der Waals surface area contributed by atoms with Crippen LogP contribution in [0.15, 0.2) is 12.2 Å². The van der Waals surface area contributed by atoms with Gasteiger partial charge in [0.05, 0.1) is 6.67 Å². The molecule has 0 saturated heterocycles. The van der Waals surface area contributed by atoms with Crippen molar-refractivity contribution in [1.29, 1.82) is 0 Å². The molecule has 0 atom stereocenters. The van der Waals surface area contributed by atoms with Crippen LogP contribution in [0.4, 0.5) is 0 Å². The Labute approximate surface area is 149 Å². The van der Waals surface area contributed by atoms with Crippen molar-refractivity contribution in [1.82, 2.24) is 10.2 Å².